The molecule has 0 fully saturated rings. The second-order valence-corrected chi connectivity index (χ2v) is 2.52. The van der Waals surface area contributed by atoms with Crippen LogP contribution in [0.25, 0.3) is 11.0 Å². The van der Waals surface area contributed by atoms with Crippen molar-refractivity contribution >= 4 is 11.0 Å². The van der Waals surface area contributed by atoms with E-state index in [4.69, 9.17) is 0 Å². The molecule has 0 N–H and O–H groups in total. The van der Waals surface area contributed by atoms with E-state index in [1.165, 1.54) is 0 Å². The molecule has 2 heterocycles. The monoisotopic (exact) mass is 148 g/mol. The summed E-state index contributed by atoms with van der Waals surface area (Å²) in [6, 6.07) is 1.97. The summed E-state index contributed by atoms with van der Waals surface area (Å²) in [5, 5.41) is 11.9. The lowest BCUT2D eigenvalue weighted by molar-refractivity contribution is 0.796. The fourth-order valence-electron chi connectivity index (χ4n) is 1.04. The minimum absolute atomic E-state index is 0.845. The number of fused-ring (bicyclic) bond motifs is 1. The van der Waals surface area contributed by atoms with Crippen LogP contribution in [0.5, 0.6) is 0 Å². The van der Waals surface area contributed by atoms with E-state index in [9.17, 15) is 0 Å². The maximum absolute atomic E-state index is 4.05. The summed E-state index contributed by atoms with van der Waals surface area (Å²) < 4.78 is 1.79. The topological polar surface area (TPSA) is 43.6 Å². The van der Waals surface area contributed by atoms with Gasteiger partial charge >= 0.3 is 0 Å². The van der Waals surface area contributed by atoms with E-state index >= 15 is 0 Å². The quantitative estimate of drug-likeness (QED) is 0.551. The molecule has 0 aliphatic heterocycles. The molecule has 0 atom stereocenters. The predicted octanol–water partition coefficient (Wildman–Crippen LogP) is 0.672. The molecule has 0 radical (unpaired) electrons. The average Bonchev–Trinajstić information content (AvgIpc) is 2.33. The maximum Gasteiger partial charge on any atom is 0.131 e. The van der Waals surface area contributed by atoms with Gasteiger partial charge in [0.05, 0.1) is 17.4 Å². The first-order valence-corrected chi connectivity index (χ1v) is 3.39. The van der Waals surface area contributed by atoms with Crippen LogP contribution in [-0.2, 0) is 7.05 Å². The van der Waals surface area contributed by atoms with Crippen LogP contribution < -0.4 is 0 Å². The molecule has 2 aromatic rings. The molecular weight excluding hydrogens is 140 g/mol. The zero-order valence-corrected chi connectivity index (χ0v) is 6.44. The number of hydrogen-bond donors (Lipinski definition) is 0. The second kappa shape index (κ2) is 2.02. The normalized spacial score (nSPS) is 10.7. The molecule has 4 heteroatoms. The molecule has 56 valence electrons. The van der Waals surface area contributed by atoms with Gasteiger partial charge in [0.1, 0.15) is 5.52 Å². The van der Waals surface area contributed by atoms with Gasteiger partial charge in [-0.15, -0.1) is 5.10 Å². The maximum atomic E-state index is 4.05. The smallest absolute Gasteiger partial charge is 0.131 e. The summed E-state index contributed by atoms with van der Waals surface area (Å²) in [6.07, 6.45) is 1.71. The van der Waals surface area contributed by atoms with Gasteiger partial charge in [-0.2, -0.15) is 10.2 Å². The van der Waals surface area contributed by atoms with E-state index in [1.54, 1.807) is 10.9 Å². The molecule has 0 saturated heterocycles. The first kappa shape index (κ1) is 6.27. The van der Waals surface area contributed by atoms with Gasteiger partial charge < -0.3 is 0 Å². The van der Waals surface area contributed by atoms with Crippen molar-refractivity contribution in [3.63, 3.8) is 0 Å². The highest BCUT2D eigenvalue weighted by molar-refractivity contribution is 5.73. The Balaban J connectivity index is 2.87. The second-order valence-electron chi connectivity index (χ2n) is 2.52. The summed E-state index contributed by atoms with van der Waals surface area (Å²) in [4.78, 5) is 0. The van der Waals surface area contributed by atoms with E-state index < -0.39 is 0 Å². The first-order chi connectivity index (χ1) is 5.27. The first-order valence-electron chi connectivity index (χ1n) is 3.39. The fourth-order valence-corrected chi connectivity index (χ4v) is 1.04. The number of hydrogen-bond acceptors (Lipinski definition) is 3. The summed E-state index contributed by atoms with van der Waals surface area (Å²) >= 11 is 0. The molecule has 0 aliphatic rings. The Morgan fingerprint density at radius 2 is 2.18 bits per heavy atom. The molecule has 2 aromatic heterocycles. The van der Waals surface area contributed by atoms with Crippen molar-refractivity contribution in [1.29, 1.82) is 0 Å². The molecule has 0 bridgehead atoms. The Hall–Kier alpha value is -1.45. The van der Waals surface area contributed by atoms with Gasteiger partial charge in [-0.1, -0.05) is 0 Å². The van der Waals surface area contributed by atoms with Crippen LogP contribution in [0.3, 0.4) is 0 Å². The van der Waals surface area contributed by atoms with Crippen LogP contribution in [0.4, 0.5) is 0 Å². The Morgan fingerprint density at radius 3 is 3.00 bits per heavy atom. The summed E-state index contributed by atoms with van der Waals surface area (Å²) in [5.41, 5.74) is 2.79. The van der Waals surface area contributed by atoms with Crippen LogP contribution in [0.1, 0.15) is 5.69 Å². The zero-order chi connectivity index (χ0) is 7.84. The van der Waals surface area contributed by atoms with Crippen LogP contribution in [0.2, 0.25) is 0 Å². The van der Waals surface area contributed by atoms with Crippen molar-refractivity contribution in [2.75, 3.05) is 0 Å². The summed E-state index contributed by atoms with van der Waals surface area (Å²) in [5.74, 6) is 0. The lowest BCUT2D eigenvalue weighted by Gasteiger charge is -1.92. The van der Waals surface area contributed by atoms with E-state index in [2.05, 4.69) is 15.3 Å². The van der Waals surface area contributed by atoms with Crippen molar-refractivity contribution in [2.45, 2.75) is 6.92 Å². The summed E-state index contributed by atoms with van der Waals surface area (Å²) in [7, 11) is 1.89. The van der Waals surface area contributed by atoms with Crippen molar-refractivity contribution in [3.8, 4) is 0 Å². The van der Waals surface area contributed by atoms with Crippen molar-refractivity contribution < 1.29 is 0 Å². The molecular formula is C7H8N4. The number of aromatic nitrogens is 4. The molecule has 11 heavy (non-hydrogen) atoms. The van der Waals surface area contributed by atoms with Gasteiger partial charge in [-0.05, 0) is 13.0 Å². The molecule has 2 rings (SSSR count). The minimum Gasteiger partial charge on any atom is -0.266 e. The molecule has 0 spiro atoms. The molecule has 0 saturated carbocycles. The van der Waals surface area contributed by atoms with Gasteiger partial charge in [-0.3, -0.25) is 4.68 Å². The van der Waals surface area contributed by atoms with Gasteiger partial charge in [0, 0.05) is 7.05 Å². The van der Waals surface area contributed by atoms with Crippen LogP contribution in [-0.4, -0.2) is 20.0 Å². The van der Waals surface area contributed by atoms with E-state index in [-0.39, 0.29) is 0 Å². The summed E-state index contributed by atoms with van der Waals surface area (Å²) in [6.45, 7) is 1.92. The Bertz CT molecular complexity index is 390. The molecule has 0 aromatic carbocycles. The van der Waals surface area contributed by atoms with Crippen molar-refractivity contribution in [3.05, 3.63) is 18.0 Å². The van der Waals surface area contributed by atoms with E-state index in [0.29, 0.717) is 0 Å². The highest BCUT2D eigenvalue weighted by atomic mass is 15.3. The van der Waals surface area contributed by atoms with Crippen molar-refractivity contribution in [1.82, 2.24) is 20.0 Å². The fraction of sp³-hybridized carbons (Fsp3) is 0.286. The number of rotatable bonds is 0. The van der Waals surface area contributed by atoms with Gasteiger partial charge in [-0.25, -0.2) is 0 Å². The van der Waals surface area contributed by atoms with Crippen LogP contribution >= 0.6 is 0 Å². The Morgan fingerprint density at radius 1 is 1.36 bits per heavy atom. The molecule has 4 nitrogen and oxygen atoms in total. The van der Waals surface area contributed by atoms with Crippen LogP contribution in [0, 0.1) is 6.92 Å². The van der Waals surface area contributed by atoms with Gasteiger partial charge in [0.2, 0.25) is 0 Å². The Kier molecular flexibility index (Phi) is 1.15. The third kappa shape index (κ3) is 0.869. The molecule has 0 aliphatic carbocycles. The SMILES string of the molecule is Cc1cc2c(cnn2C)nn1. The third-order valence-corrected chi connectivity index (χ3v) is 1.63. The standard InChI is InChI=1S/C7H8N4/c1-5-3-7-6(10-9-5)4-8-11(7)2/h3-4H,1-2H3. The zero-order valence-electron chi connectivity index (χ0n) is 6.44. The lowest BCUT2D eigenvalue weighted by atomic mass is 10.4. The predicted molar refractivity (Wildman–Crippen MR) is 41.0 cm³/mol. The van der Waals surface area contributed by atoms with Gasteiger partial charge in [0.15, 0.2) is 0 Å². The van der Waals surface area contributed by atoms with Crippen LogP contribution in [0.15, 0.2) is 12.3 Å². The van der Waals surface area contributed by atoms with Crippen molar-refractivity contribution in [2.24, 2.45) is 7.05 Å². The number of nitrogens with zero attached hydrogens (tertiary/aromatic N) is 4. The average molecular weight is 148 g/mol. The highest BCUT2D eigenvalue weighted by Crippen LogP contribution is 2.08. The van der Waals surface area contributed by atoms with E-state index in [1.807, 2.05) is 20.0 Å². The number of aryl methyl sites for hydroxylation is 2. The third-order valence-electron chi connectivity index (χ3n) is 1.63. The minimum atomic E-state index is 0.845. The highest BCUT2D eigenvalue weighted by Gasteiger charge is 1.99. The molecule has 0 unspecified atom stereocenters. The largest absolute Gasteiger partial charge is 0.266 e. The Labute approximate surface area is 63.9 Å². The van der Waals surface area contributed by atoms with Gasteiger partial charge in [0.25, 0.3) is 0 Å². The van der Waals surface area contributed by atoms with E-state index in [0.717, 1.165) is 16.7 Å². The molecule has 0 amide bonds. The lowest BCUT2D eigenvalue weighted by Crippen LogP contribution is -1.91.